The van der Waals surface area contributed by atoms with E-state index in [1.165, 1.54) is 25.7 Å². The summed E-state index contributed by atoms with van der Waals surface area (Å²) in [7, 11) is 1.78. The van der Waals surface area contributed by atoms with Crippen LogP contribution < -0.4 is 10.9 Å². The monoisotopic (exact) mass is 206 g/mol. The standard InChI is InChI=1S/C12H18N2O/c1-14-9-11(6-7-12(14)15)13-8-10-4-2-3-5-10/h6-7,9-10,13H,2-5,8H2,1H3. The van der Waals surface area contributed by atoms with Gasteiger partial charge in [-0.2, -0.15) is 0 Å². The van der Waals surface area contributed by atoms with Crippen molar-refractivity contribution >= 4 is 5.69 Å². The minimum Gasteiger partial charge on any atom is -0.384 e. The third kappa shape index (κ3) is 2.61. The highest BCUT2D eigenvalue weighted by Crippen LogP contribution is 2.24. The molecule has 0 aromatic carbocycles. The molecular weight excluding hydrogens is 188 g/mol. The van der Waals surface area contributed by atoms with Crippen molar-refractivity contribution in [2.24, 2.45) is 13.0 Å². The molecule has 0 spiro atoms. The number of rotatable bonds is 3. The van der Waals surface area contributed by atoms with Gasteiger partial charge in [0.1, 0.15) is 0 Å². The van der Waals surface area contributed by atoms with Gasteiger partial charge in [0.2, 0.25) is 5.56 Å². The van der Waals surface area contributed by atoms with Crippen molar-refractivity contribution in [2.45, 2.75) is 25.7 Å². The summed E-state index contributed by atoms with van der Waals surface area (Å²) in [6.45, 7) is 1.04. The number of anilines is 1. The van der Waals surface area contributed by atoms with Crippen LogP contribution in [0.25, 0.3) is 0 Å². The van der Waals surface area contributed by atoms with E-state index >= 15 is 0 Å². The Bertz CT molecular complexity index is 377. The van der Waals surface area contributed by atoms with Gasteiger partial charge in [0.25, 0.3) is 0 Å². The summed E-state index contributed by atoms with van der Waals surface area (Å²) in [5.41, 5.74) is 1.09. The van der Waals surface area contributed by atoms with Crippen LogP contribution in [-0.2, 0) is 7.05 Å². The molecule has 1 fully saturated rings. The Morgan fingerprint density at radius 3 is 2.80 bits per heavy atom. The van der Waals surface area contributed by atoms with Gasteiger partial charge in [0, 0.05) is 25.9 Å². The molecule has 3 heteroatoms. The van der Waals surface area contributed by atoms with Gasteiger partial charge in [-0.1, -0.05) is 12.8 Å². The van der Waals surface area contributed by atoms with Crippen LogP contribution in [0.3, 0.4) is 0 Å². The van der Waals surface area contributed by atoms with Crippen LogP contribution >= 0.6 is 0 Å². The summed E-state index contributed by atoms with van der Waals surface area (Å²) >= 11 is 0. The second-order valence-electron chi connectivity index (χ2n) is 4.40. The molecule has 0 saturated heterocycles. The third-order valence-corrected chi connectivity index (χ3v) is 3.16. The summed E-state index contributed by atoms with van der Waals surface area (Å²) in [5.74, 6) is 0.822. The predicted octanol–water partition coefficient (Wildman–Crippen LogP) is 1.99. The molecule has 1 saturated carbocycles. The number of aryl methyl sites for hydroxylation is 1. The van der Waals surface area contributed by atoms with Crippen molar-refractivity contribution in [3.8, 4) is 0 Å². The molecule has 82 valence electrons. The topological polar surface area (TPSA) is 34.0 Å². The molecule has 0 radical (unpaired) electrons. The fourth-order valence-corrected chi connectivity index (χ4v) is 2.18. The minimum absolute atomic E-state index is 0.0430. The third-order valence-electron chi connectivity index (χ3n) is 3.16. The second-order valence-corrected chi connectivity index (χ2v) is 4.40. The normalized spacial score (nSPS) is 16.9. The molecule has 1 aliphatic carbocycles. The number of pyridine rings is 1. The molecule has 0 amide bonds. The molecule has 1 heterocycles. The summed E-state index contributed by atoms with van der Waals surface area (Å²) in [6, 6.07) is 3.47. The van der Waals surface area contributed by atoms with E-state index in [9.17, 15) is 4.79 Å². The zero-order valence-electron chi connectivity index (χ0n) is 9.20. The quantitative estimate of drug-likeness (QED) is 0.820. The Morgan fingerprint density at radius 1 is 1.40 bits per heavy atom. The van der Waals surface area contributed by atoms with Crippen molar-refractivity contribution < 1.29 is 0 Å². The van der Waals surface area contributed by atoms with Crippen molar-refractivity contribution in [3.63, 3.8) is 0 Å². The largest absolute Gasteiger partial charge is 0.384 e. The molecular formula is C12H18N2O. The zero-order valence-corrected chi connectivity index (χ0v) is 9.20. The summed E-state index contributed by atoms with van der Waals surface area (Å²) in [6.07, 6.45) is 7.30. The van der Waals surface area contributed by atoms with E-state index < -0.39 is 0 Å². The smallest absolute Gasteiger partial charge is 0.250 e. The highest BCUT2D eigenvalue weighted by molar-refractivity contribution is 5.40. The van der Waals surface area contributed by atoms with Crippen molar-refractivity contribution in [1.82, 2.24) is 4.57 Å². The fraction of sp³-hybridized carbons (Fsp3) is 0.583. The number of nitrogens with zero attached hydrogens (tertiary/aromatic N) is 1. The highest BCUT2D eigenvalue weighted by atomic mass is 16.1. The second kappa shape index (κ2) is 4.51. The molecule has 1 aliphatic rings. The van der Waals surface area contributed by atoms with Crippen molar-refractivity contribution in [1.29, 1.82) is 0 Å². The molecule has 1 N–H and O–H groups in total. The molecule has 1 aromatic heterocycles. The average Bonchev–Trinajstić information content (AvgIpc) is 2.73. The number of hydrogen-bond acceptors (Lipinski definition) is 2. The number of nitrogens with one attached hydrogen (secondary N) is 1. The van der Waals surface area contributed by atoms with Crippen LogP contribution in [0.5, 0.6) is 0 Å². The van der Waals surface area contributed by atoms with Crippen LogP contribution in [0.1, 0.15) is 25.7 Å². The van der Waals surface area contributed by atoms with E-state index in [2.05, 4.69) is 5.32 Å². The van der Waals surface area contributed by atoms with Crippen LogP contribution in [0.2, 0.25) is 0 Å². The molecule has 15 heavy (non-hydrogen) atoms. The molecule has 0 atom stereocenters. The van der Waals surface area contributed by atoms with Gasteiger partial charge in [-0.05, 0) is 24.8 Å². The van der Waals surface area contributed by atoms with Gasteiger partial charge >= 0.3 is 0 Å². The first kappa shape index (κ1) is 10.3. The average molecular weight is 206 g/mol. The predicted molar refractivity (Wildman–Crippen MR) is 62.1 cm³/mol. The van der Waals surface area contributed by atoms with Gasteiger partial charge < -0.3 is 9.88 Å². The molecule has 0 bridgehead atoms. The number of hydrogen-bond donors (Lipinski definition) is 1. The maximum absolute atomic E-state index is 11.2. The number of aromatic nitrogens is 1. The van der Waals surface area contributed by atoms with E-state index in [4.69, 9.17) is 0 Å². The molecule has 1 aromatic rings. The van der Waals surface area contributed by atoms with Crippen LogP contribution in [0.15, 0.2) is 23.1 Å². The first-order valence-electron chi connectivity index (χ1n) is 5.66. The maximum atomic E-state index is 11.2. The van der Waals surface area contributed by atoms with Crippen LogP contribution in [-0.4, -0.2) is 11.1 Å². The van der Waals surface area contributed by atoms with E-state index in [1.807, 2.05) is 12.3 Å². The molecule has 3 nitrogen and oxygen atoms in total. The van der Waals surface area contributed by atoms with Gasteiger partial charge in [0.15, 0.2) is 0 Å². The SMILES string of the molecule is Cn1cc(NCC2CCCC2)ccc1=O. The molecule has 0 unspecified atom stereocenters. The molecule has 0 aliphatic heterocycles. The van der Waals surface area contributed by atoms with Crippen molar-refractivity contribution in [2.75, 3.05) is 11.9 Å². The van der Waals surface area contributed by atoms with Gasteiger partial charge in [-0.25, -0.2) is 0 Å². The lowest BCUT2D eigenvalue weighted by molar-refractivity contribution is 0.579. The summed E-state index contributed by atoms with van der Waals surface area (Å²) in [5, 5.41) is 3.39. The van der Waals surface area contributed by atoms with Gasteiger partial charge in [-0.15, -0.1) is 0 Å². The molecule has 2 rings (SSSR count). The van der Waals surface area contributed by atoms with Gasteiger partial charge in [-0.3, -0.25) is 4.79 Å². The van der Waals surface area contributed by atoms with Crippen molar-refractivity contribution in [3.05, 3.63) is 28.7 Å². The lowest BCUT2D eigenvalue weighted by Gasteiger charge is -2.12. The Hall–Kier alpha value is -1.25. The van der Waals surface area contributed by atoms with E-state index in [0.717, 1.165) is 18.2 Å². The van der Waals surface area contributed by atoms with Crippen LogP contribution in [0.4, 0.5) is 5.69 Å². The minimum atomic E-state index is 0.0430. The Labute approximate surface area is 90.1 Å². The van der Waals surface area contributed by atoms with Crippen LogP contribution in [0, 0.1) is 5.92 Å². The van der Waals surface area contributed by atoms with E-state index in [1.54, 1.807) is 17.7 Å². The maximum Gasteiger partial charge on any atom is 0.250 e. The fourth-order valence-electron chi connectivity index (χ4n) is 2.18. The van der Waals surface area contributed by atoms with E-state index in [0.29, 0.717) is 0 Å². The first-order chi connectivity index (χ1) is 7.25. The Morgan fingerprint density at radius 2 is 2.13 bits per heavy atom. The highest BCUT2D eigenvalue weighted by Gasteiger charge is 2.14. The summed E-state index contributed by atoms with van der Waals surface area (Å²) in [4.78, 5) is 11.2. The van der Waals surface area contributed by atoms with Gasteiger partial charge in [0.05, 0.1) is 5.69 Å². The zero-order chi connectivity index (χ0) is 10.7. The summed E-state index contributed by atoms with van der Waals surface area (Å²) < 4.78 is 1.61. The lowest BCUT2D eigenvalue weighted by Crippen LogP contribution is -2.17. The van der Waals surface area contributed by atoms with E-state index in [-0.39, 0.29) is 5.56 Å². The Balaban J connectivity index is 1.92. The first-order valence-corrected chi connectivity index (χ1v) is 5.66. The Kier molecular flexibility index (Phi) is 3.09. The lowest BCUT2D eigenvalue weighted by atomic mass is 10.1.